The smallest absolute Gasteiger partial charge is 0.303 e. The molecule has 0 bridgehead atoms. The van der Waals surface area contributed by atoms with Crippen molar-refractivity contribution in [1.29, 1.82) is 0 Å². The van der Waals surface area contributed by atoms with Crippen molar-refractivity contribution in [1.82, 2.24) is 19.5 Å². The van der Waals surface area contributed by atoms with Crippen LogP contribution in [0.5, 0.6) is 0 Å². The number of carboxylic acid groups (broad SMARTS) is 1. The molecule has 0 aliphatic carbocycles. The Kier molecular flexibility index (Phi) is 4.78. The molecule has 2 N–H and O–H groups in total. The predicted octanol–water partition coefficient (Wildman–Crippen LogP) is 2.96. The molecule has 4 rings (SSSR count). The lowest BCUT2D eigenvalue weighted by Crippen LogP contribution is -2.15. The predicted molar refractivity (Wildman–Crippen MR) is 104 cm³/mol. The highest BCUT2D eigenvalue weighted by atomic mass is 16.5. The molecule has 0 aliphatic heterocycles. The second-order valence-electron chi connectivity index (χ2n) is 6.46. The van der Waals surface area contributed by atoms with Gasteiger partial charge in [0.2, 0.25) is 11.7 Å². The van der Waals surface area contributed by atoms with Gasteiger partial charge in [-0.2, -0.15) is 4.98 Å². The van der Waals surface area contributed by atoms with Gasteiger partial charge < -0.3 is 14.9 Å². The van der Waals surface area contributed by atoms with Crippen molar-refractivity contribution >= 4 is 23.2 Å². The summed E-state index contributed by atoms with van der Waals surface area (Å²) in [6.45, 7) is 1.88. The highest BCUT2D eigenvalue weighted by molar-refractivity contribution is 6.04. The average molecular weight is 391 g/mol. The normalized spacial score (nSPS) is 10.9. The lowest BCUT2D eigenvalue weighted by molar-refractivity contribution is -0.137. The minimum absolute atomic E-state index is 0.0872. The van der Waals surface area contributed by atoms with Crippen LogP contribution < -0.4 is 5.32 Å². The number of amides is 1. The number of anilines is 1. The summed E-state index contributed by atoms with van der Waals surface area (Å²) in [5.74, 6) is -0.647. The number of nitrogens with one attached hydrogen (secondary N) is 1. The number of rotatable bonds is 6. The van der Waals surface area contributed by atoms with Crippen LogP contribution in [0.3, 0.4) is 0 Å². The lowest BCUT2D eigenvalue weighted by Gasteiger charge is -2.09. The molecule has 1 aromatic carbocycles. The van der Waals surface area contributed by atoms with E-state index in [1.807, 2.05) is 37.3 Å². The van der Waals surface area contributed by atoms with Crippen molar-refractivity contribution in [2.75, 3.05) is 5.32 Å². The first-order chi connectivity index (χ1) is 14.0. The summed E-state index contributed by atoms with van der Waals surface area (Å²) in [4.78, 5) is 31.9. The monoisotopic (exact) mass is 391 g/mol. The quantitative estimate of drug-likeness (QED) is 0.518. The Balaban J connectivity index is 1.57. The molecule has 0 fully saturated rings. The third kappa shape index (κ3) is 3.84. The van der Waals surface area contributed by atoms with E-state index >= 15 is 0 Å². The Hall–Kier alpha value is -4.01. The van der Waals surface area contributed by atoms with Crippen LogP contribution in [0.1, 0.15) is 28.4 Å². The van der Waals surface area contributed by atoms with Crippen LogP contribution in [0.4, 0.5) is 5.69 Å². The zero-order valence-electron chi connectivity index (χ0n) is 15.5. The van der Waals surface area contributed by atoms with Gasteiger partial charge in [-0.15, -0.1) is 0 Å². The van der Waals surface area contributed by atoms with Crippen molar-refractivity contribution in [3.05, 3.63) is 65.9 Å². The van der Waals surface area contributed by atoms with Gasteiger partial charge in [0.25, 0.3) is 5.91 Å². The summed E-state index contributed by atoms with van der Waals surface area (Å²) in [7, 11) is 0. The first-order valence-electron chi connectivity index (χ1n) is 8.90. The number of pyridine rings is 1. The maximum Gasteiger partial charge on any atom is 0.303 e. The van der Waals surface area contributed by atoms with Crippen LogP contribution >= 0.6 is 0 Å². The van der Waals surface area contributed by atoms with Gasteiger partial charge >= 0.3 is 5.97 Å². The summed E-state index contributed by atoms with van der Waals surface area (Å²) in [5, 5.41) is 15.6. The van der Waals surface area contributed by atoms with Crippen molar-refractivity contribution in [3.8, 4) is 11.4 Å². The van der Waals surface area contributed by atoms with Gasteiger partial charge in [0.1, 0.15) is 11.3 Å². The molecule has 3 aromatic heterocycles. The van der Waals surface area contributed by atoms with Crippen molar-refractivity contribution in [2.45, 2.75) is 19.8 Å². The fourth-order valence-electron chi connectivity index (χ4n) is 2.87. The number of hydrogen-bond donors (Lipinski definition) is 2. The minimum atomic E-state index is -0.933. The minimum Gasteiger partial charge on any atom is -0.481 e. The molecule has 9 nitrogen and oxygen atoms in total. The van der Waals surface area contributed by atoms with Gasteiger partial charge in [-0.3, -0.25) is 14.0 Å². The second kappa shape index (κ2) is 7.55. The largest absolute Gasteiger partial charge is 0.481 e. The van der Waals surface area contributed by atoms with Crippen LogP contribution in [0, 0.1) is 6.92 Å². The molecule has 146 valence electrons. The van der Waals surface area contributed by atoms with Gasteiger partial charge in [-0.1, -0.05) is 23.4 Å². The maximum absolute atomic E-state index is 12.8. The molecule has 0 saturated heterocycles. The molecule has 0 atom stereocenters. The van der Waals surface area contributed by atoms with Crippen molar-refractivity contribution in [3.63, 3.8) is 0 Å². The molecule has 3 heterocycles. The van der Waals surface area contributed by atoms with Gasteiger partial charge in [-0.25, -0.2) is 4.98 Å². The summed E-state index contributed by atoms with van der Waals surface area (Å²) in [6, 6.07) is 10.9. The van der Waals surface area contributed by atoms with Crippen LogP contribution in [-0.4, -0.2) is 36.5 Å². The first-order valence-corrected chi connectivity index (χ1v) is 8.90. The number of imidazole rings is 1. The number of hydrogen-bond acceptors (Lipinski definition) is 6. The standard InChI is InChI=1S/C20H17N5O4/c1-12-5-6-13(19-23-17(29-24-19)7-8-18(26)27)10-14(12)22-20(28)15-11-21-16-4-2-3-9-25(15)16/h2-6,9-11H,7-8H2,1H3,(H,22,28)(H,26,27). The molecule has 1 amide bonds. The molecular weight excluding hydrogens is 374 g/mol. The number of aliphatic carboxylic acids is 1. The van der Waals surface area contributed by atoms with E-state index in [9.17, 15) is 9.59 Å². The number of carbonyl (C=O) groups excluding carboxylic acids is 1. The fraction of sp³-hybridized carbons (Fsp3) is 0.150. The molecular formula is C20H17N5O4. The Labute approximate surface area is 165 Å². The van der Waals surface area contributed by atoms with Crippen LogP contribution in [0.2, 0.25) is 0 Å². The Morgan fingerprint density at radius 1 is 1.24 bits per heavy atom. The topological polar surface area (TPSA) is 123 Å². The zero-order valence-corrected chi connectivity index (χ0v) is 15.5. The van der Waals surface area contributed by atoms with E-state index in [1.165, 1.54) is 6.20 Å². The molecule has 0 unspecified atom stereocenters. The first kappa shape index (κ1) is 18.4. The van der Waals surface area contributed by atoms with Gasteiger partial charge in [0, 0.05) is 23.9 Å². The van der Waals surface area contributed by atoms with Crippen LogP contribution in [0.25, 0.3) is 17.0 Å². The highest BCUT2D eigenvalue weighted by Crippen LogP contribution is 2.24. The lowest BCUT2D eigenvalue weighted by atomic mass is 10.1. The molecule has 0 aliphatic rings. The van der Waals surface area contributed by atoms with Crippen molar-refractivity contribution < 1.29 is 19.2 Å². The Morgan fingerprint density at radius 2 is 2.10 bits per heavy atom. The van der Waals surface area contributed by atoms with Gasteiger partial charge in [0.15, 0.2) is 0 Å². The number of aromatic nitrogens is 4. The number of aryl methyl sites for hydroxylation is 2. The van der Waals surface area contributed by atoms with E-state index in [1.54, 1.807) is 16.7 Å². The number of carboxylic acids is 1. The molecule has 0 spiro atoms. The van der Waals surface area contributed by atoms with E-state index in [0.29, 0.717) is 28.4 Å². The van der Waals surface area contributed by atoms with E-state index in [4.69, 9.17) is 9.63 Å². The van der Waals surface area contributed by atoms with Gasteiger partial charge in [-0.05, 0) is 30.7 Å². The average Bonchev–Trinajstić information content (AvgIpc) is 3.35. The number of nitrogens with zero attached hydrogens (tertiary/aromatic N) is 4. The SMILES string of the molecule is Cc1ccc(-c2noc(CCC(=O)O)n2)cc1NC(=O)c1cnc2ccccn12. The third-order valence-corrected chi connectivity index (χ3v) is 4.41. The molecule has 29 heavy (non-hydrogen) atoms. The Morgan fingerprint density at radius 3 is 2.93 bits per heavy atom. The molecule has 0 saturated carbocycles. The number of benzene rings is 1. The number of fused-ring (bicyclic) bond motifs is 1. The molecule has 4 aromatic rings. The zero-order chi connectivity index (χ0) is 20.4. The summed E-state index contributed by atoms with van der Waals surface area (Å²) in [5.41, 5.74) is 3.22. The van der Waals surface area contributed by atoms with E-state index in [-0.39, 0.29) is 24.6 Å². The summed E-state index contributed by atoms with van der Waals surface area (Å²) >= 11 is 0. The molecule has 0 radical (unpaired) electrons. The van der Waals surface area contributed by atoms with E-state index in [2.05, 4.69) is 20.4 Å². The van der Waals surface area contributed by atoms with Gasteiger partial charge in [0.05, 0.1) is 12.6 Å². The van der Waals surface area contributed by atoms with Crippen LogP contribution in [0.15, 0.2) is 53.3 Å². The number of carbonyl (C=O) groups is 2. The molecule has 9 heteroatoms. The second-order valence-corrected chi connectivity index (χ2v) is 6.46. The van der Waals surface area contributed by atoms with E-state index in [0.717, 1.165) is 5.56 Å². The van der Waals surface area contributed by atoms with Crippen LogP contribution in [-0.2, 0) is 11.2 Å². The maximum atomic E-state index is 12.8. The summed E-state index contributed by atoms with van der Waals surface area (Å²) in [6.07, 6.45) is 3.37. The van der Waals surface area contributed by atoms with E-state index < -0.39 is 5.97 Å². The van der Waals surface area contributed by atoms with Crippen molar-refractivity contribution in [2.24, 2.45) is 0 Å². The third-order valence-electron chi connectivity index (χ3n) is 4.41. The Bertz CT molecular complexity index is 1210. The summed E-state index contributed by atoms with van der Waals surface area (Å²) < 4.78 is 6.82. The highest BCUT2D eigenvalue weighted by Gasteiger charge is 2.15. The fourth-order valence-corrected chi connectivity index (χ4v) is 2.87.